The van der Waals surface area contributed by atoms with Crippen molar-refractivity contribution in [2.75, 3.05) is 13.6 Å². The minimum Gasteiger partial charge on any atom is -0.312 e. The fraction of sp³-hybridized carbons (Fsp3) is 0.647. The van der Waals surface area contributed by atoms with E-state index in [1.165, 1.54) is 18.4 Å². The Balaban J connectivity index is 2.54. The van der Waals surface area contributed by atoms with Gasteiger partial charge in [0.05, 0.1) is 0 Å². The minimum absolute atomic E-state index is 0.394. The largest absolute Gasteiger partial charge is 0.312 e. The third-order valence-electron chi connectivity index (χ3n) is 4.35. The quantitative estimate of drug-likeness (QED) is 0.760. The lowest BCUT2D eigenvalue weighted by molar-refractivity contribution is 0.189. The lowest BCUT2D eigenvalue weighted by atomic mass is 10.1. The van der Waals surface area contributed by atoms with E-state index in [0.29, 0.717) is 18.1 Å². The van der Waals surface area contributed by atoms with Crippen LogP contribution in [-0.2, 0) is 0 Å². The normalized spacial score (nSPS) is 14.8. The highest BCUT2D eigenvalue weighted by molar-refractivity contribution is 6.30. The van der Waals surface area contributed by atoms with Crippen molar-refractivity contribution in [1.82, 2.24) is 10.2 Å². The summed E-state index contributed by atoms with van der Waals surface area (Å²) in [6.07, 6.45) is 2.39. The first-order chi connectivity index (χ1) is 9.49. The van der Waals surface area contributed by atoms with Crippen molar-refractivity contribution in [3.05, 3.63) is 34.9 Å². The van der Waals surface area contributed by atoms with Gasteiger partial charge in [-0.05, 0) is 51.4 Å². The average molecular weight is 297 g/mol. The maximum absolute atomic E-state index is 5.95. The third-order valence-corrected chi connectivity index (χ3v) is 4.60. The van der Waals surface area contributed by atoms with Gasteiger partial charge in [0.1, 0.15) is 0 Å². The van der Waals surface area contributed by atoms with E-state index in [0.717, 1.165) is 11.6 Å². The highest BCUT2D eigenvalue weighted by Gasteiger charge is 2.17. The van der Waals surface area contributed by atoms with Crippen LogP contribution in [0, 0.1) is 0 Å². The van der Waals surface area contributed by atoms with Crippen molar-refractivity contribution in [2.45, 2.75) is 58.7 Å². The molecule has 2 atom stereocenters. The number of benzene rings is 1. The molecule has 3 heteroatoms. The summed E-state index contributed by atoms with van der Waals surface area (Å²) < 4.78 is 0. The van der Waals surface area contributed by atoms with E-state index in [9.17, 15) is 0 Å². The second-order valence-electron chi connectivity index (χ2n) is 5.66. The summed E-state index contributed by atoms with van der Waals surface area (Å²) in [5.41, 5.74) is 1.31. The summed E-state index contributed by atoms with van der Waals surface area (Å²) in [4.78, 5) is 2.42. The monoisotopic (exact) mass is 296 g/mol. The van der Waals surface area contributed by atoms with Crippen molar-refractivity contribution >= 4 is 11.6 Å². The molecule has 0 saturated carbocycles. The Labute approximate surface area is 129 Å². The van der Waals surface area contributed by atoms with E-state index in [2.05, 4.69) is 57.1 Å². The first kappa shape index (κ1) is 17.5. The molecule has 0 spiro atoms. The predicted octanol–water partition coefficient (Wildman–Crippen LogP) is 4.50. The molecule has 0 amide bonds. The molecular formula is C17H29ClN2. The molecule has 2 unspecified atom stereocenters. The molecule has 0 aliphatic carbocycles. The van der Waals surface area contributed by atoms with Gasteiger partial charge in [-0.25, -0.2) is 0 Å². The van der Waals surface area contributed by atoms with Crippen LogP contribution in [0.1, 0.15) is 52.1 Å². The molecule has 0 aromatic heterocycles. The van der Waals surface area contributed by atoms with Crippen molar-refractivity contribution in [3.63, 3.8) is 0 Å². The van der Waals surface area contributed by atoms with E-state index in [4.69, 9.17) is 11.6 Å². The van der Waals surface area contributed by atoms with Crippen molar-refractivity contribution in [1.29, 1.82) is 0 Å². The number of hydrogen-bond acceptors (Lipinski definition) is 2. The number of nitrogens with zero attached hydrogens (tertiary/aromatic N) is 1. The topological polar surface area (TPSA) is 15.3 Å². The van der Waals surface area contributed by atoms with Crippen LogP contribution in [0.15, 0.2) is 24.3 Å². The van der Waals surface area contributed by atoms with E-state index in [1.54, 1.807) is 0 Å². The highest BCUT2D eigenvalue weighted by atomic mass is 35.5. The van der Waals surface area contributed by atoms with Gasteiger partial charge in [-0.2, -0.15) is 0 Å². The maximum atomic E-state index is 5.95. The Bertz CT molecular complexity index is 373. The number of nitrogens with one attached hydrogen (secondary N) is 1. The Kier molecular flexibility index (Phi) is 7.57. The zero-order chi connectivity index (χ0) is 15.1. The van der Waals surface area contributed by atoms with Crippen LogP contribution in [0.3, 0.4) is 0 Å². The highest BCUT2D eigenvalue weighted by Crippen LogP contribution is 2.22. The van der Waals surface area contributed by atoms with E-state index in [1.807, 2.05) is 12.1 Å². The van der Waals surface area contributed by atoms with Crippen LogP contribution in [0.4, 0.5) is 0 Å². The van der Waals surface area contributed by atoms with E-state index in [-0.39, 0.29) is 0 Å². The van der Waals surface area contributed by atoms with Gasteiger partial charge in [-0.1, -0.05) is 37.6 Å². The van der Waals surface area contributed by atoms with Gasteiger partial charge in [0.2, 0.25) is 0 Å². The van der Waals surface area contributed by atoms with Crippen LogP contribution < -0.4 is 5.32 Å². The summed E-state index contributed by atoms with van der Waals surface area (Å²) in [6, 6.07) is 9.70. The van der Waals surface area contributed by atoms with Gasteiger partial charge < -0.3 is 5.32 Å². The molecule has 0 heterocycles. The molecule has 1 rings (SSSR count). The number of likely N-dealkylation sites (N-methyl/N-ethyl adjacent to an activating group) is 1. The van der Waals surface area contributed by atoms with Crippen LogP contribution in [0.25, 0.3) is 0 Å². The molecule has 0 bridgehead atoms. The van der Waals surface area contributed by atoms with Gasteiger partial charge in [0, 0.05) is 29.7 Å². The summed E-state index contributed by atoms with van der Waals surface area (Å²) in [5, 5.41) is 4.45. The second kappa shape index (κ2) is 8.66. The molecule has 0 aliphatic heterocycles. The Morgan fingerprint density at radius 3 is 2.15 bits per heavy atom. The zero-order valence-corrected chi connectivity index (χ0v) is 14.2. The zero-order valence-electron chi connectivity index (χ0n) is 13.5. The van der Waals surface area contributed by atoms with Gasteiger partial charge in [0.25, 0.3) is 0 Å². The van der Waals surface area contributed by atoms with Gasteiger partial charge in [-0.3, -0.25) is 4.90 Å². The molecule has 20 heavy (non-hydrogen) atoms. The summed E-state index contributed by atoms with van der Waals surface area (Å²) in [7, 11) is 2.19. The van der Waals surface area contributed by atoms with E-state index >= 15 is 0 Å². The van der Waals surface area contributed by atoms with Crippen molar-refractivity contribution < 1.29 is 0 Å². The van der Waals surface area contributed by atoms with E-state index < -0.39 is 0 Å². The lowest BCUT2D eigenvalue weighted by Gasteiger charge is -2.32. The lowest BCUT2D eigenvalue weighted by Crippen LogP contribution is -2.42. The van der Waals surface area contributed by atoms with Crippen LogP contribution in [-0.4, -0.2) is 30.6 Å². The number of rotatable bonds is 8. The Hall–Kier alpha value is -0.570. The molecule has 1 aromatic carbocycles. The van der Waals surface area contributed by atoms with Crippen LogP contribution in [0.2, 0.25) is 5.02 Å². The van der Waals surface area contributed by atoms with Gasteiger partial charge in [0.15, 0.2) is 0 Å². The molecule has 2 nitrogen and oxygen atoms in total. The number of halogens is 1. The van der Waals surface area contributed by atoms with Crippen LogP contribution in [0.5, 0.6) is 0 Å². The summed E-state index contributed by atoms with van der Waals surface area (Å²) in [5.74, 6) is 0. The van der Waals surface area contributed by atoms with Crippen LogP contribution >= 0.6 is 11.6 Å². The van der Waals surface area contributed by atoms with Crippen molar-refractivity contribution in [3.8, 4) is 0 Å². The smallest absolute Gasteiger partial charge is 0.0406 e. The van der Waals surface area contributed by atoms with Gasteiger partial charge >= 0.3 is 0 Å². The molecule has 0 aliphatic rings. The fourth-order valence-corrected chi connectivity index (χ4v) is 2.54. The number of hydrogen-bond donors (Lipinski definition) is 1. The standard InChI is InChI=1S/C17H29ClN2/c1-6-17(7-2)19-12-13(3)20(5)14(4)15-8-10-16(18)11-9-15/h8-11,13-14,17,19H,6-7,12H2,1-5H3. The predicted molar refractivity (Wildman–Crippen MR) is 89.5 cm³/mol. The first-order valence-electron chi connectivity index (χ1n) is 7.70. The molecule has 0 radical (unpaired) electrons. The Morgan fingerprint density at radius 1 is 1.10 bits per heavy atom. The summed E-state index contributed by atoms with van der Waals surface area (Å²) in [6.45, 7) is 10.0. The van der Waals surface area contributed by atoms with Gasteiger partial charge in [-0.15, -0.1) is 0 Å². The molecule has 0 fully saturated rings. The molecule has 1 aromatic rings. The third kappa shape index (κ3) is 5.08. The maximum Gasteiger partial charge on any atom is 0.0406 e. The minimum atomic E-state index is 0.394. The molecule has 1 N–H and O–H groups in total. The second-order valence-corrected chi connectivity index (χ2v) is 6.10. The Morgan fingerprint density at radius 2 is 1.65 bits per heavy atom. The first-order valence-corrected chi connectivity index (χ1v) is 8.08. The molecule has 0 saturated heterocycles. The van der Waals surface area contributed by atoms with Crippen molar-refractivity contribution in [2.24, 2.45) is 0 Å². The summed E-state index contributed by atoms with van der Waals surface area (Å²) >= 11 is 5.95. The fourth-order valence-electron chi connectivity index (χ4n) is 2.42. The average Bonchev–Trinajstić information content (AvgIpc) is 2.47. The SMILES string of the molecule is CCC(CC)NCC(C)N(C)C(C)c1ccc(Cl)cc1. The molecular weight excluding hydrogens is 268 g/mol. The molecule has 114 valence electrons.